The van der Waals surface area contributed by atoms with E-state index in [4.69, 9.17) is 17.3 Å². The molecule has 0 radical (unpaired) electrons. The highest BCUT2D eigenvalue weighted by Gasteiger charge is 2.15. The highest BCUT2D eigenvalue weighted by Crippen LogP contribution is 2.09. The lowest BCUT2D eigenvalue weighted by molar-refractivity contribution is -0.152. The van der Waals surface area contributed by atoms with Crippen molar-refractivity contribution in [3.05, 3.63) is 34.9 Å². The van der Waals surface area contributed by atoms with Crippen LogP contribution in [0.1, 0.15) is 17.3 Å². The monoisotopic (exact) mass is 284 g/mol. The van der Waals surface area contributed by atoms with Crippen LogP contribution in [0.3, 0.4) is 0 Å². The first kappa shape index (κ1) is 15.0. The Morgan fingerprint density at radius 2 is 1.89 bits per heavy atom. The number of esters is 1. The van der Waals surface area contributed by atoms with Gasteiger partial charge in [-0.05, 0) is 31.2 Å². The van der Waals surface area contributed by atoms with Crippen molar-refractivity contribution in [2.45, 2.75) is 13.0 Å². The van der Waals surface area contributed by atoms with Gasteiger partial charge in [0.1, 0.15) is 6.54 Å². The molecule has 0 aliphatic carbocycles. The lowest BCUT2D eigenvalue weighted by atomic mass is 10.2. The van der Waals surface area contributed by atoms with Crippen LogP contribution in [0.5, 0.6) is 0 Å². The van der Waals surface area contributed by atoms with Crippen molar-refractivity contribution in [3.63, 3.8) is 0 Å². The molecule has 0 aromatic heterocycles. The van der Waals surface area contributed by atoms with Gasteiger partial charge in [-0.3, -0.25) is 14.4 Å². The largest absolute Gasteiger partial charge is 0.451 e. The fourth-order valence-electron chi connectivity index (χ4n) is 1.15. The molecule has 1 rings (SSSR count). The normalized spacial score (nSPS) is 11.5. The highest BCUT2D eigenvalue weighted by atomic mass is 35.5. The fraction of sp³-hybridized carbons (Fsp3) is 0.250. The minimum absolute atomic E-state index is 0.348. The zero-order chi connectivity index (χ0) is 14.4. The first-order valence-corrected chi connectivity index (χ1v) is 5.80. The van der Waals surface area contributed by atoms with Gasteiger partial charge in [-0.2, -0.15) is 0 Å². The fourth-order valence-corrected chi connectivity index (χ4v) is 1.28. The van der Waals surface area contributed by atoms with E-state index in [1.807, 2.05) is 0 Å². The second-order valence-corrected chi connectivity index (χ2v) is 4.16. The molecule has 0 bridgehead atoms. The summed E-state index contributed by atoms with van der Waals surface area (Å²) >= 11 is 5.68. The number of halogens is 1. The van der Waals surface area contributed by atoms with Crippen LogP contribution < -0.4 is 11.1 Å². The van der Waals surface area contributed by atoms with E-state index in [2.05, 4.69) is 10.1 Å². The van der Waals surface area contributed by atoms with Gasteiger partial charge < -0.3 is 15.8 Å². The van der Waals surface area contributed by atoms with Crippen molar-refractivity contribution in [1.82, 2.24) is 5.32 Å². The summed E-state index contributed by atoms with van der Waals surface area (Å²) in [4.78, 5) is 33.6. The van der Waals surface area contributed by atoms with Crippen molar-refractivity contribution >= 4 is 29.4 Å². The molecule has 0 aliphatic rings. The number of rotatable bonds is 5. The van der Waals surface area contributed by atoms with Crippen LogP contribution in [0.25, 0.3) is 0 Å². The molecule has 7 heteroatoms. The number of carbonyl (C=O) groups excluding carboxylic acids is 3. The van der Waals surface area contributed by atoms with Crippen molar-refractivity contribution in [2.75, 3.05) is 6.54 Å². The lowest BCUT2D eigenvalue weighted by Crippen LogP contribution is -2.36. The summed E-state index contributed by atoms with van der Waals surface area (Å²) in [6.07, 6.45) is -1.03. The van der Waals surface area contributed by atoms with Crippen LogP contribution >= 0.6 is 11.6 Å². The average Bonchev–Trinajstić information content (AvgIpc) is 2.36. The predicted molar refractivity (Wildman–Crippen MR) is 68.5 cm³/mol. The number of benzene rings is 1. The third-order valence-corrected chi connectivity index (χ3v) is 2.46. The van der Waals surface area contributed by atoms with E-state index in [1.54, 1.807) is 12.1 Å². The molecule has 1 aromatic carbocycles. The van der Waals surface area contributed by atoms with Gasteiger partial charge in [0, 0.05) is 10.6 Å². The Kier molecular flexibility index (Phi) is 5.32. The van der Waals surface area contributed by atoms with Gasteiger partial charge in [-0.1, -0.05) is 11.6 Å². The molecular weight excluding hydrogens is 272 g/mol. The Balaban J connectivity index is 2.44. The summed E-state index contributed by atoms with van der Waals surface area (Å²) in [5.74, 6) is -1.94. The summed E-state index contributed by atoms with van der Waals surface area (Å²) in [5, 5.41) is 2.86. The number of hydrogen-bond donors (Lipinski definition) is 2. The third-order valence-electron chi connectivity index (χ3n) is 2.21. The number of carbonyl (C=O) groups is 3. The summed E-state index contributed by atoms with van der Waals surface area (Å²) in [7, 11) is 0. The van der Waals surface area contributed by atoms with E-state index in [-0.39, 0.29) is 6.54 Å². The maximum Gasteiger partial charge on any atom is 0.326 e. The number of amides is 2. The van der Waals surface area contributed by atoms with Crippen LogP contribution in [-0.4, -0.2) is 30.4 Å². The molecule has 6 nitrogen and oxygen atoms in total. The first-order chi connectivity index (χ1) is 8.90. The molecule has 0 saturated heterocycles. The van der Waals surface area contributed by atoms with Gasteiger partial charge in [-0.25, -0.2) is 0 Å². The molecule has 0 saturated carbocycles. The summed E-state index contributed by atoms with van der Waals surface area (Å²) in [6, 6.07) is 6.16. The van der Waals surface area contributed by atoms with Crippen LogP contribution in [0.15, 0.2) is 24.3 Å². The van der Waals surface area contributed by atoms with E-state index >= 15 is 0 Å². The topological polar surface area (TPSA) is 98.5 Å². The van der Waals surface area contributed by atoms with Crippen LogP contribution in [-0.2, 0) is 14.3 Å². The SMILES string of the molecule is C[C@H](OC(=O)CNC(=O)c1ccc(Cl)cc1)C(N)=O. The zero-order valence-electron chi connectivity index (χ0n) is 10.2. The van der Waals surface area contributed by atoms with E-state index in [0.29, 0.717) is 10.6 Å². The standard InChI is InChI=1S/C12H13ClN2O4/c1-7(11(14)17)19-10(16)6-15-12(18)8-2-4-9(13)5-3-8/h2-5,7H,6H2,1H3,(H2,14,17)(H,15,18)/t7-/m0/s1. The molecule has 2 amide bonds. The summed E-state index contributed by atoms with van der Waals surface area (Å²) in [5.41, 5.74) is 5.29. The molecule has 1 atom stereocenters. The minimum atomic E-state index is -1.03. The van der Waals surface area contributed by atoms with Gasteiger partial charge in [0.15, 0.2) is 6.10 Å². The minimum Gasteiger partial charge on any atom is -0.451 e. The van der Waals surface area contributed by atoms with Crippen LogP contribution in [0.4, 0.5) is 0 Å². The average molecular weight is 285 g/mol. The number of ether oxygens (including phenoxy) is 1. The molecule has 0 aliphatic heterocycles. The Labute approximate surface area is 114 Å². The van der Waals surface area contributed by atoms with Crippen molar-refractivity contribution in [1.29, 1.82) is 0 Å². The third kappa shape index (κ3) is 4.97. The van der Waals surface area contributed by atoms with E-state index < -0.39 is 23.9 Å². The molecular formula is C12H13ClN2O4. The first-order valence-electron chi connectivity index (χ1n) is 5.42. The van der Waals surface area contributed by atoms with Crippen molar-refractivity contribution in [3.8, 4) is 0 Å². The molecule has 0 heterocycles. The smallest absolute Gasteiger partial charge is 0.326 e. The molecule has 0 fully saturated rings. The quantitative estimate of drug-likeness (QED) is 0.769. The Morgan fingerprint density at radius 1 is 1.32 bits per heavy atom. The second kappa shape index (κ2) is 6.75. The molecule has 102 valence electrons. The summed E-state index contributed by atoms with van der Waals surface area (Å²) in [6.45, 7) is 1.00. The van der Waals surface area contributed by atoms with Gasteiger partial charge in [-0.15, -0.1) is 0 Å². The maximum absolute atomic E-state index is 11.6. The number of nitrogens with two attached hydrogens (primary N) is 1. The van der Waals surface area contributed by atoms with Crippen molar-refractivity contribution < 1.29 is 19.1 Å². The lowest BCUT2D eigenvalue weighted by Gasteiger charge is -2.10. The zero-order valence-corrected chi connectivity index (χ0v) is 10.9. The maximum atomic E-state index is 11.6. The molecule has 1 aromatic rings. The van der Waals surface area contributed by atoms with E-state index in [9.17, 15) is 14.4 Å². The Morgan fingerprint density at radius 3 is 2.42 bits per heavy atom. The summed E-state index contributed by atoms with van der Waals surface area (Å²) < 4.78 is 4.67. The van der Waals surface area contributed by atoms with E-state index in [1.165, 1.54) is 19.1 Å². The van der Waals surface area contributed by atoms with Gasteiger partial charge in [0.05, 0.1) is 0 Å². The molecule has 19 heavy (non-hydrogen) atoms. The Hall–Kier alpha value is -2.08. The predicted octanol–water partition coefficient (Wildman–Crippen LogP) is 0.487. The van der Waals surface area contributed by atoms with Gasteiger partial charge >= 0.3 is 5.97 Å². The molecule has 3 N–H and O–H groups in total. The van der Waals surface area contributed by atoms with Gasteiger partial charge in [0.25, 0.3) is 11.8 Å². The van der Waals surface area contributed by atoms with E-state index in [0.717, 1.165) is 0 Å². The van der Waals surface area contributed by atoms with Crippen molar-refractivity contribution in [2.24, 2.45) is 5.73 Å². The van der Waals surface area contributed by atoms with Gasteiger partial charge in [0.2, 0.25) is 0 Å². The van der Waals surface area contributed by atoms with Crippen LogP contribution in [0.2, 0.25) is 5.02 Å². The second-order valence-electron chi connectivity index (χ2n) is 3.72. The van der Waals surface area contributed by atoms with Crippen LogP contribution in [0, 0.1) is 0 Å². The molecule has 0 spiro atoms. The molecule has 0 unspecified atom stereocenters. The number of nitrogens with one attached hydrogen (secondary N) is 1. The Bertz CT molecular complexity index is 487. The highest BCUT2D eigenvalue weighted by molar-refractivity contribution is 6.30. The number of primary amides is 1. The number of hydrogen-bond acceptors (Lipinski definition) is 4.